The predicted molar refractivity (Wildman–Crippen MR) is 78.4 cm³/mol. The van der Waals surface area contributed by atoms with Crippen LogP contribution in [0.25, 0.3) is 0 Å². The molecule has 0 aromatic rings. The van der Waals surface area contributed by atoms with Gasteiger partial charge in [0.15, 0.2) is 0 Å². The van der Waals surface area contributed by atoms with Gasteiger partial charge in [0.05, 0.1) is 12.2 Å². The summed E-state index contributed by atoms with van der Waals surface area (Å²) in [6.45, 7) is 9.20. The molecule has 1 saturated heterocycles. The van der Waals surface area contributed by atoms with E-state index in [0.717, 1.165) is 19.1 Å². The van der Waals surface area contributed by atoms with Crippen LogP contribution in [0, 0.1) is 5.41 Å². The summed E-state index contributed by atoms with van der Waals surface area (Å²) in [5.74, 6) is 0. The van der Waals surface area contributed by atoms with Gasteiger partial charge in [-0.3, -0.25) is 4.90 Å². The van der Waals surface area contributed by atoms with Crippen LogP contribution in [0.4, 0.5) is 0 Å². The Labute approximate surface area is 118 Å². The van der Waals surface area contributed by atoms with Crippen LogP contribution in [0.1, 0.15) is 52.4 Å². The van der Waals surface area contributed by atoms with Crippen LogP contribution in [0.2, 0.25) is 0 Å². The van der Waals surface area contributed by atoms with Crippen molar-refractivity contribution in [1.82, 2.24) is 10.2 Å². The van der Waals surface area contributed by atoms with Crippen molar-refractivity contribution >= 4 is 0 Å². The predicted octanol–water partition coefficient (Wildman–Crippen LogP) is 2.41. The summed E-state index contributed by atoms with van der Waals surface area (Å²) < 4.78 is 5.86. The van der Waals surface area contributed by atoms with Crippen LogP contribution in [0.3, 0.4) is 0 Å². The van der Waals surface area contributed by atoms with Gasteiger partial charge in [0, 0.05) is 32.2 Å². The molecule has 3 rings (SSSR count). The second-order valence-electron chi connectivity index (χ2n) is 7.31. The molecule has 3 nitrogen and oxygen atoms in total. The van der Waals surface area contributed by atoms with Crippen molar-refractivity contribution in [3.63, 3.8) is 0 Å². The molecule has 1 heterocycles. The fourth-order valence-electron chi connectivity index (χ4n) is 4.05. The van der Waals surface area contributed by atoms with Crippen LogP contribution in [0.5, 0.6) is 0 Å². The Morgan fingerprint density at radius 3 is 2.32 bits per heavy atom. The molecule has 2 unspecified atom stereocenters. The Balaban J connectivity index is 1.56. The van der Waals surface area contributed by atoms with E-state index in [4.69, 9.17) is 4.74 Å². The summed E-state index contributed by atoms with van der Waals surface area (Å²) >= 11 is 0. The van der Waals surface area contributed by atoms with E-state index in [0.29, 0.717) is 17.6 Å². The largest absolute Gasteiger partial charge is 0.373 e. The standard InChI is InChI=1S/C16H30N2O/c1-13-9-18(10-14(2)19-13)12-16(7-3-4-8-16)11-17-15-5-6-15/h13-15,17H,3-12H2,1-2H3. The normalized spacial score (nSPS) is 35.7. The fourth-order valence-corrected chi connectivity index (χ4v) is 4.05. The van der Waals surface area contributed by atoms with Crippen molar-refractivity contribution in [3.05, 3.63) is 0 Å². The molecule has 3 heteroatoms. The van der Waals surface area contributed by atoms with Gasteiger partial charge in [0.1, 0.15) is 0 Å². The minimum atomic E-state index is 0.401. The smallest absolute Gasteiger partial charge is 0.0678 e. The summed E-state index contributed by atoms with van der Waals surface area (Å²) in [5, 5.41) is 3.79. The molecule has 110 valence electrons. The number of nitrogens with zero attached hydrogens (tertiary/aromatic N) is 1. The highest BCUT2D eigenvalue weighted by atomic mass is 16.5. The molecule has 0 radical (unpaired) electrons. The van der Waals surface area contributed by atoms with Gasteiger partial charge >= 0.3 is 0 Å². The number of morpholine rings is 1. The molecule has 1 aliphatic heterocycles. The first kappa shape index (κ1) is 13.8. The molecule has 0 spiro atoms. The highest BCUT2D eigenvalue weighted by Gasteiger charge is 2.38. The molecule has 19 heavy (non-hydrogen) atoms. The summed E-state index contributed by atoms with van der Waals surface area (Å²) in [6.07, 6.45) is 9.32. The Bertz CT molecular complexity index is 287. The number of hydrogen-bond acceptors (Lipinski definition) is 3. The third-order valence-corrected chi connectivity index (χ3v) is 5.06. The monoisotopic (exact) mass is 266 g/mol. The molecule has 2 saturated carbocycles. The third kappa shape index (κ3) is 3.71. The first-order chi connectivity index (χ1) is 9.15. The molecule has 0 amide bonds. The number of rotatable bonds is 5. The quantitative estimate of drug-likeness (QED) is 0.827. The van der Waals surface area contributed by atoms with Crippen LogP contribution in [-0.2, 0) is 4.74 Å². The SMILES string of the molecule is CC1CN(CC2(CNC3CC3)CCCC2)CC(C)O1. The molecule has 2 aliphatic carbocycles. The zero-order chi connectivity index (χ0) is 13.3. The van der Waals surface area contributed by atoms with Crippen molar-refractivity contribution in [3.8, 4) is 0 Å². The summed E-state index contributed by atoms with van der Waals surface area (Å²) in [6, 6.07) is 0.847. The van der Waals surface area contributed by atoms with Gasteiger partial charge in [0.2, 0.25) is 0 Å². The van der Waals surface area contributed by atoms with Crippen molar-refractivity contribution in [1.29, 1.82) is 0 Å². The molecular formula is C16H30N2O. The lowest BCUT2D eigenvalue weighted by Crippen LogP contribution is -2.51. The molecular weight excluding hydrogens is 236 g/mol. The van der Waals surface area contributed by atoms with E-state index in [1.54, 1.807) is 0 Å². The van der Waals surface area contributed by atoms with Crippen LogP contribution >= 0.6 is 0 Å². The summed E-state index contributed by atoms with van der Waals surface area (Å²) in [4.78, 5) is 2.67. The van der Waals surface area contributed by atoms with Crippen molar-refractivity contribution < 1.29 is 4.74 Å². The lowest BCUT2D eigenvalue weighted by atomic mass is 9.85. The molecule has 3 aliphatic rings. The molecule has 0 aromatic heterocycles. The molecule has 1 N–H and O–H groups in total. The minimum Gasteiger partial charge on any atom is -0.373 e. The average Bonchev–Trinajstić information content (AvgIpc) is 3.06. The molecule has 3 fully saturated rings. The molecule has 0 aromatic carbocycles. The topological polar surface area (TPSA) is 24.5 Å². The summed E-state index contributed by atoms with van der Waals surface area (Å²) in [5.41, 5.74) is 0.555. The second kappa shape index (κ2) is 5.71. The number of ether oxygens (including phenoxy) is 1. The fraction of sp³-hybridized carbons (Fsp3) is 1.00. The van der Waals surface area contributed by atoms with E-state index in [9.17, 15) is 0 Å². The number of hydrogen-bond donors (Lipinski definition) is 1. The molecule has 2 atom stereocenters. The van der Waals surface area contributed by atoms with Crippen LogP contribution in [0.15, 0.2) is 0 Å². The Kier molecular flexibility index (Phi) is 4.16. The number of nitrogens with one attached hydrogen (secondary N) is 1. The first-order valence-electron chi connectivity index (χ1n) is 8.26. The summed E-state index contributed by atoms with van der Waals surface area (Å²) in [7, 11) is 0. The van der Waals surface area contributed by atoms with E-state index in [-0.39, 0.29) is 0 Å². The van der Waals surface area contributed by atoms with Crippen molar-refractivity contribution in [2.45, 2.75) is 70.6 Å². The van der Waals surface area contributed by atoms with Gasteiger partial charge in [-0.05, 0) is 44.9 Å². The van der Waals surface area contributed by atoms with Gasteiger partial charge in [0.25, 0.3) is 0 Å². The van der Waals surface area contributed by atoms with E-state index < -0.39 is 0 Å². The van der Waals surface area contributed by atoms with Crippen LogP contribution < -0.4 is 5.32 Å². The van der Waals surface area contributed by atoms with Gasteiger partial charge < -0.3 is 10.1 Å². The van der Waals surface area contributed by atoms with Crippen molar-refractivity contribution in [2.24, 2.45) is 5.41 Å². The van der Waals surface area contributed by atoms with Gasteiger partial charge in [-0.25, -0.2) is 0 Å². The highest BCUT2D eigenvalue weighted by molar-refractivity contribution is 4.93. The van der Waals surface area contributed by atoms with E-state index in [1.165, 1.54) is 51.6 Å². The zero-order valence-electron chi connectivity index (χ0n) is 12.7. The lowest BCUT2D eigenvalue weighted by Gasteiger charge is -2.41. The second-order valence-corrected chi connectivity index (χ2v) is 7.31. The van der Waals surface area contributed by atoms with Gasteiger partial charge in [-0.2, -0.15) is 0 Å². The van der Waals surface area contributed by atoms with Gasteiger partial charge in [-0.15, -0.1) is 0 Å². The van der Waals surface area contributed by atoms with E-state index >= 15 is 0 Å². The van der Waals surface area contributed by atoms with Gasteiger partial charge in [-0.1, -0.05) is 12.8 Å². The molecule has 0 bridgehead atoms. The maximum atomic E-state index is 5.86. The average molecular weight is 266 g/mol. The zero-order valence-corrected chi connectivity index (χ0v) is 12.7. The Morgan fingerprint density at radius 2 is 1.74 bits per heavy atom. The maximum Gasteiger partial charge on any atom is 0.0678 e. The maximum absolute atomic E-state index is 5.86. The van der Waals surface area contributed by atoms with E-state index in [1.807, 2.05) is 0 Å². The first-order valence-corrected chi connectivity index (χ1v) is 8.26. The Morgan fingerprint density at radius 1 is 1.11 bits per heavy atom. The minimum absolute atomic E-state index is 0.401. The van der Waals surface area contributed by atoms with Crippen LogP contribution in [-0.4, -0.2) is 49.3 Å². The lowest BCUT2D eigenvalue weighted by molar-refractivity contribution is -0.0774. The van der Waals surface area contributed by atoms with E-state index in [2.05, 4.69) is 24.1 Å². The Hall–Kier alpha value is -0.120. The van der Waals surface area contributed by atoms with Crippen molar-refractivity contribution in [2.75, 3.05) is 26.2 Å². The highest BCUT2D eigenvalue weighted by Crippen LogP contribution is 2.39. The third-order valence-electron chi connectivity index (χ3n) is 5.06.